The van der Waals surface area contributed by atoms with Crippen molar-refractivity contribution in [3.8, 4) is 5.75 Å². The van der Waals surface area contributed by atoms with E-state index in [1.54, 1.807) is 0 Å². The second kappa shape index (κ2) is 8.60. The van der Waals surface area contributed by atoms with Crippen LogP contribution in [0.2, 0.25) is 0 Å². The molecule has 1 aliphatic heterocycles. The second-order valence-corrected chi connectivity index (χ2v) is 11.1. The van der Waals surface area contributed by atoms with Crippen LogP contribution < -0.4 is 4.74 Å². The van der Waals surface area contributed by atoms with Gasteiger partial charge in [0.15, 0.2) is 15.9 Å². The van der Waals surface area contributed by atoms with Crippen molar-refractivity contribution < 1.29 is 44.3 Å². The van der Waals surface area contributed by atoms with Gasteiger partial charge in [0.25, 0.3) is 5.91 Å². The van der Waals surface area contributed by atoms with Crippen molar-refractivity contribution in [1.29, 1.82) is 0 Å². The number of likely N-dealkylation sites (tertiary alicyclic amines) is 1. The first kappa shape index (κ1) is 26.2. The lowest BCUT2D eigenvalue weighted by Crippen LogP contribution is -2.35. The molecule has 1 aliphatic carbocycles. The van der Waals surface area contributed by atoms with Crippen molar-refractivity contribution in [3.63, 3.8) is 0 Å². The third kappa shape index (κ3) is 4.74. The number of carbonyl (C=O) groups is 1. The quantitative estimate of drug-likeness (QED) is 0.517. The van der Waals surface area contributed by atoms with E-state index < -0.39 is 51.1 Å². The second-order valence-electron chi connectivity index (χ2n) is 8.87. The van der Waals surface area contributed by atoms with Gasteiger partial charge in [-0.25, -0.2) is 18.4 Å². The minimum absolute atomic E-state index is 0.0675. The number of hydrogen-bond acceptors (Lipinski definition) is 6. The fourth-order valence-electron chi connectivity index (χ4n) is 4.31. The number of carbonyl (C=O) groups excluding carboxylic acids is 1. The lowest BCUT2D eigenvalue weighted by atomic mass is 10.1. The topological polar surface area (TPSA) is 89.5 Å². The Labute approximate surface area is 202 Å². The summed E-state index contributed by atoms with van der Waals surface area (Å²) in [4.78, 5) is 22.0. The fourth-order valence-corrected chi connectivity index (χ4v) is 5.21. The van der Waals surface area contributed by atoms with Crippen LogP contribution in [0.15, 0.2) is 35.4 Å². The van der Waals surface area contributed by atoms with Crippen LogP contribution in [0.25, 0.3) is 0 Å². The lowest BCUT2D eigenvalue weighted by Gasteiger charge is -2.24. The highest BCUT2D eigenvalue weighted by molar-refractivity contribution is 7.91. The van der Waals surface area contributed by atoms with Crippen molar-refractivity contribution in [2.24, 2.45) is 5.92 Å². The molecule has 2 aliphatic rings. The van der Waals surface area contributed by atoms with Crippen molar-refractivity contribution in [2.75, 3.05) is 18.8 Å². The predicted molar refractivity (Wildman–Crippen MR) is 113 cm³/mol. The highest BCUT2D eigenvalue weighted by Crippen LogP contribution is 2.58. The number of nitrogens with zero attached hydrogens (tertiary/aromatic N) is 3. The molecule has 2 unspecified atom stereocenters. The molecule has 0 spiro atoms. The summed E-state index contributed by atoms with van der Waals surface area (Å²) in [6.07, 6.45) is -10.3. The highest BCUT2D eigenvalue weighted by atomic mass is 32.2. The van der Waals surface area contributed by atoms with Crippen LogP contribution in [0, 0.1) is 5.92 Å². The molecule has 196 valence electrons. The van der Waals surface area contributed by atoms with E-state index in [2.05, 4.69) is 9.97 Å². The Balaban J connectivity index is 1.66. The Morgan fingerprint density at radius 1 is 1.22 bits per heavy atom. The molecule has 1 saturated carbocycles. The molecule has 36 heavy (non-hydrogen) atoms. The molecule has 0 N–H and O–H groups in total. The molecular weight excluding hydrogens is 516 g/mol. The van der Waals surface area contributed by atoms with E-state index in [0.717, 1.165) is 37.4 Å². The van der Waals surface area contributed by atoms with Gasteiger partial charge in [-0.2, -0.15) is 26.3 Å². The number of amides is 1. The first-order valence-corrected chi connectivity index (χ1v) is 12.5. The molecule has 1 aromatic heterocycles. The summed E-state index contributed by atoms with van der Waals surface area (Å²) in [6.45, 7) is 2.14. The number of sulfone groups is 1. The first-order chi connectivity index (χ1) is 16.6. The number of piperidine rings is 1. The van der Waals surface area contributed by atoms with Gasteiger partial charge in [-0.15, -0.1) is 0 Å². The van der Waals surface area contributed by atoms with E-state index in [0.29, 0.717) is 6.42 Å². The fraction of sp³-hybridized carbons (Fsp3) is 0.500. The maximum absolute atomic E-state index is 13.4. The number of hydrogen-bond donors (Lipinski definition) is 0. The average molecular weight is 537 g/mol. The number of benzene rings is 1. The monoisotopic (exact) mass is 537 g/mol. The van der Waals surface area contributed by atoms with E-state index in [4.69, 9.17) is 4.74 Å². The first-order valence-electron chi connectivity index (χ1n) is 10.9. The van der Waals surface area contributed by atoms with Crippen molar-refractivity contribution in [3.05, 3.63) is 47.5 Å². The number of rotatable bonds is 6. The summed E-state index contributed by atoms with van der Waals surface area (Å²) in [6, 6.07) is 3.77. The molecule has 2 heterocycles. The van der Waals surface area contributed by atoms with E-state index in [-0.39, 0.29) is 41.0 Å². The standard InChI is InChI=1S/C22H21F6N3O4S/c1-3-36(33,34)14-4-5-16(35-12(2)21(23,24)25)15(8-14)18(32)31-10-13-9-20(13,11-31)19-29-7-6-17(30-19)22(26,27)28/h4-8,12-13H,3,9-11H2,1-2H3/t12-,13?,20?/m0/s1. The molecule has 2 fully saturated rings. The number of fused-ring (bicyclic) bond motifs is 1. The van der Waals surface area contributed by atoms with Gasteiger partial charge in [0, 0.05) is 19.3 Å². The molecule has 0 bridgehead atoms. The summed E-state index contributed by atoms with van der Waals surface area (Å²) in [7, 11) is -3.80. The average Bonchev–Trinajstić information content (AvgIpc) is 3.38. The van der Waals surface area contributed by atoms with Gasteiger partial charge in [-0.1, -0.05) is 6.92 Å². The van der Waals surface area contributed by atoms with Gasteiger partial charge < -0.3 is 9.64 Å². The van der Waals surface area contributed by atoms with E-state index >= 15 is 0 Å². The maximum atomic E-state index is 13.4. The molecule has 14 heteroatoms. The molecule has 1 saturated heterocycles. The van der Waals surface area contributed by atoms with E-state index in [9.17, 15) is 39.6 Å². The zero-order valence-corrected chi connectivity index (χ0v) is 19.8. The number of ether oxygens (including phenoxy) is 1. The summed E-state index contributed by atoms with van der Waals surface area (Å²) in [5.41, 5.74) is -2.42. The van der Waals surface area contributed by atoms with Gasteiger partial charge in [0.1, 0.15) is 17.3 Å². The smallest absolute Gasteiger partial charge is 0.433 e. The van der Waals surface area contributed by atoms with Crippen LogP contribution in [0.5, 0.6) is 5.75 Å². The molecule has 0 radical (unpaired) electrons. The Hall–Kier alpha value is -2.90. The zero-order valence-electron chi connectivity index (χ0n) is 19.0. The minimum atomic E-state index is -4.74. The lowest BCUT2D eigenvalue weighted by molar-refractivity contribution is -0.189. The van der Waals surface area contributed by atoms with Crippen LogP contribution in [0.1, 0.15) is 42.1 Å². The summed E-state index contributed by atoms with van der Waals surface area (Å²) < 4.78 is 108. The van der Waals surface area contributed by atoms with Crippen molar-refractivity contribution in [1.82, 2.24) is 14.9 Å². The van der Waals surface area contributed by atoms with Gasteiger partial charge in [0.2, 0.25) is 0 Å². The Bertz CT molecular complexity index is 1300. The van der Waals surface area contributed by atoms with Gasteiger partial charge in [-0.05, 0) is 43.5 Å². The summed E-state index contributed by atoms with van der Waals surface area (Å²) in [5, 5.41) is 0. The number of halogens is 6. The maximum Gasteiger partial charge on any atom is 0.433 e. The molecule has 1 amide bonds. The van der Waals surface area contributed by atoms with Gasteiger partial charge in [-0.3, -0.25) is 4.79 Å². The normalized spacial score (nSPS) is 22.8. The SMILES string of the molecule is CCS(=O)(=O)c1ccc(O[C@@H](C)C(F)(F)F)c(C(=O)N2CC3CC3(c3nccc(C(F)(F)F)n3)C2)c1. The zero-order chi connectivity index (χ0) is 26.7. The largest absolute Gasteiger partial charge is 0.480 e. The van der Waals surface area contributed by atoms with Gasteiger partial charge in [0.05, 0.1) is 21.6 Å². The van der Waals surface area contributed by atoms with E-state index in [1.807, 2.05) is 0 Å². The summed E-state index contributed by atoms with van der Waals surface area (Å²) >= 11 is 0. The van der Waals surface area contributed by atoms with E-state index in [1.165, 1.54) is 11.8 Å². The predicted octanol–water partition coefficient (Wildman–Crippen LogP) is 4.03. The van der Waals surface area contributed by atoms with Gasteiger partial charge >= 0.3 is 12.4 Å². The molecule has 1 aromatic carbocycles. The van der Waals surface area contributed by atoms with Crippen LogP contribution in [0.3, 0.4) is 0 Å². The highest BCUT2D eigenvalue weighted by Gasteiger charge is 2.64. The minimum Gasteiger partial charge on any atom is -0.480 e. The van der Waals surface area contributed by atoms with Crippen LogP contribution in [0.4, 0.5) is 26.3 Å². The molecule has 2 aromatic rings. The molecular formula is C22H21F6N3O4S. The third-order valence-electron chi connectivity index (χ3n) is 6.51. The Morgan fingerprint density at radius 2 is 1.92 bits per heavy atom. The number of aromatic nitrogens is 2. The summed E-state index contributed by atoms with van der Waals surface area (Å²) in [5.74, 6) is -1.87. The van der Waals surface area contributed by atoms with Crippen LogP contribution in [-0.4, -0.2) is 60.3 Å². The number of alkyl halides is 6. The van der Waals surface area contributed by atoms with Crippen LogP contribution in [-0.2, 0) is 21.4 Å². The molecule has 3 atom stereocenters. The van der Waals surface area contributed by atoms with Crippen molar-refractivity contribution >= 4 is 15.7 Å². The molecule has 7 nitrogen and oxygen atoms in total. The van der Waals surface area contributed by atoms with Crippen molar-refractivity contribution in [2.45, 2.75) is 49.0 Å². The van der Waals surface area contributed by atoms with Crippen LogP contribution >= 0.6 is 0 Å². The molecule has 4 rings (SSSR count). The Kier molecular flexibility index (Phi) is 6.25. The Morgan fingerprint density at radius 3 is 2.53 bits per heavy atom. The third-order valence-corrected chi connectivity index (χ3v) is 8.24.